The zero-order valence-electron chi connectivity index (χ0n) is 76.8. The Hall–Kier alpha value is -15.4. The van der Waals surface area contributed by atoms with Crippen molar-refractivity contribution in [1.29, 1.82) is 0 Å². The Kier molecular flexibility index (Phi) is 23.8. The molecule has 0 aliphatic rings. The minimum atomic E-state index is 0.670. The third-order valence-corrected chi connectivity index (χ3v) is 26.9. The minimum Gasteiger partial charge on any atom is -0.438 e. The van der Waals surface area contributed by atoms with Gasteiger partial charge in [0.2, 0.25) is 17.1 Å². The Labute approximate surface area is 772 Å². The Morgan fingerprint density at radius 3 is 1.14 bits per heavy atom. The van der Waals surface area contributed by atoms with Gasteiger partial charge in [0.15, 0.2) is 0 Å². The molecule has 0 unspecified atom stereocenters. The number of rotatable bonds is 0. The quantitative estimate of drug-likeness (QED) is 0.145. The molecule has 14 heterocycles. The predicted molar refractivity (Wildman–Crippen MR) is 560 cm³/mol. The molecular formula is C117H100N10O3S2. The highest BCUT2D eigenvalue weighted by molar-refractivity contribution is 7.25. The van der Waals surface area contributed by atoms with Crippen LogP contribution in [-0.4, -0.2) is 48.2 Å². The largest absolute Gasteiger partial charge is 0.438 e. The number of hydrogen-bond donors (Lipinski definition) is 0. The van der Waals surface area contributed by atoms with Crippen molar-refractivity contribution >= 4 is 217 Å². The molecule has 648 valence electrons. The Balaban J connectivity index is 0.0000000959. The second kappa shape index (κ2) is 36.6. The van der Waals surface area contributed by atoms with E-state index in [9.17, 15) is 0 Å². The van der Waals surface area contributed by atoms with Crippen molar-refractivity contribution < 1.29 is 13.3 Å². The molecule has 0 saturated carbocycles. The second-order valence-corrected chi connectivity index (χ2v) is 36.3. The van der Waals surface area contributed by atoms with E-state index in [1.54, 1.807) is 22.7 Å². The molecule has 0 aliphatic heterocycles. The van der Waals surface area contributed by atoms with E-state index in [1.807, 2.05) is 88.8 Å². The lowest BCUT2D eigenvalue weighted by Gasteiger charge is -2.00. The summed E-state index contributed by atoms with van der Waals surface area (Å²) >= 11 is 3.52. The third-order valence-electron chi connectivity index (χ3n) is 24.7. The van der Waals surface area contributed by atoms with E-state index in [0.717, 1.165) is 87.4 Å². The number of hydrogen-bond acceptors (Lipinski definition) is 11. The molecule has 0 spiro atoms. The fourth-order valence-corrected chi connectivity index (χ4v) is 20.3. The summed E-state index contributed by atoms with van der Waals surface area (Å²) in [7, 11) is 8.51. The van der Waals surface area contributed by atoms with E-state index < -0.39 is 0 Å². The molecule has 27 aromatic rings. The van der Waals surface area contributed by atoms with Crippen LogP contribution in [0.25, 0.3) is 194 Å². The number of para-hydroxylation sites is 6. The maximum atomic E-state index is 5.70. The smallest absolute Gasteiger partial charge is 0.230 e. The van der Waals surface area contributed by atoms with Gasteiger partial charge in [-0.05, 0) is 243 Å². The zero-order valence-corrected chi connectivity index (χ0v) is 78.4. The first-order valence-electron chi connectivity index (χ1n) is 44.5. The zero-order chi connectivity index (χ0) is 91.1. The molecule has 14 aromatic heterocycles. The highest BCUT2D eigenvalue weighted by Crippen LogP contribution is 2.39. The van der Waals surface area contributed by atoms with E-state index in [2.05, 4.69) is 398 Å². The van der Waals surface area contributed by atoms with Gasteiger partial charge in [-0.2, -0.15) is 4.98 Å². The lowest BCUT2D eigenvalue weighted by Crippen LogP contribution is -1.88. The molecular weight excluding hydrogens is 1660 g/mol. The SMILES string of the molecule is Cc1ccc2c(c1)c1ccccc1n2C.Cc1ccc2c(c1)oc1nc(C)ccc12.Cc1ccc2c(c1)oc1nc(C)ccc12.Cc1ccc2c(c1)oc1nc(C)ncc12.Cc1ccc2c3ccccc3n(C)c2c1.Cc1ccc2sc3ncccc3c2c1.Cc1cccc2c3ccccc3n(C)c12.Cc1cccc2sc3ncccc3c12.Cn1c2ccccc2c2ccccc21. The van der Waals surface area contributed by atoms with Crippen LogP contribution in [0.2, 0.25) is 0 Å². The van der Waals surface area contributed by atoms with E-state index in [0.29, 0.717) is 5.71 Å². The summed E-state index contributed by atoms with van der Waals surface area (Å²) in [5.74, 6) is 0.735. The number of thiophene rings is 2. The molecule has 13 aromatic carbocycles. The Morgan fingerprint density at radius 2 is 0.598 bits per heavy atom. The van der Waals surface area contributed by atoms with Crippen molar-refractivity contribution in [2.45, 2.75) is 76.2 Å². The van der Waals surface area contributed by atoms with Gasteiger partial charge in [0.25, 0.3) is 0 Å². The van der Waals surface area contributed by atoms with Crippen LogP contribution in [0, 0.1) is 76.2 Å². The lowest BCUT2D eigenvalue weighted by molar-refractivity contribution is 0.650. The maximum absolute atomic E-state index is 5.70. The summed E-state index contributed by atoms with van der Waals surface area (Å²) in [5, 5.41) is 22.5. The van der Waals surface area contributed by atoms with Gasteiger partial charge in [-0.15, -0.1) is 22.7 Å². The molecule has 0 bridgehead atoms. The first-order valence-corrected chi connectivity index (χ1v) is 46.1. The number of pyridine rings is 4. The lowest BCUT2D eigenvalue weighted by atomic mass is 10.1. The first-order chi connectivity index (χ1) is 64.1. The van der Waals surface area contributed by atoms with E-state index in [-0.39, 0.29) is 0 Å². The molecule has 0 amide bonds. The number of fused-ring (bicyclic) bond motifs is 27. The number of aryl methyl sites for hydroxylation is 15. The molecule has 0 fully saturated rings. The van der Waals surface area contributed by atoms with Gasteiger partial charge in [-0.1, -0.05) is 193 Å². The first kappa shape index (κ1) is 86.0. The van der Waals surface area contributed by atoms with Crippen molar-refractivity contribution in [2.24, 2.45) is 28.2 Å². The minimum absolute atomic E-state index is 0.670. The topological polar surface area (TPSA) is 136 Å². The highest BCUT2D eigenvalue weighted by atomic mass is 32.1. The van der Waals surface area contributed by atoms with Crippen LogP contribution in [0.1, 0.15) is 61.7 Å². The summed E-state index contributed by atoms with van der Waals surface area (Å²) in [6.45, 7) is 22.7. The molecule has 0 N–H and O–H groups in total. The normalized spacial score (nSPS) is 11.3. The van der Waals surface area contributed by atoms with Gasteiger partial charge in [0, 0.05) is 198 Å². The summed E-state index contributed by atoms with van der Waals surface area (Å²) in [5.41, 5.74) is 27.5. The van der Waals surface area contributed by atoms with E-state index in [4.69, 9.17) is 13.3 Å². The van der Waals surface area contributed by atoms with Gasteiger partial charge in [0.1, 0.15) is 32.2 Å². The molecule has 15 heteroatoms. The summed E-state index contributed by atoms with van der Waals surface area (Å²) < 4.78 is 28.8. The molecule has 132 heavy (non-hydrogen) atoms. The van der Waals surface area contributed by atoms with Gasteiger partial charge >= 0.3 is 0 Å². The molecule has 0 atom stereocenters. The van der Waals surface area contributed by atoms with Gasteiger partial charge in [-0.3, -0.25) is 0 Å². The second-order valence-electron chi connectivity index (χ2n) is 34.2. The summed E-state index contributed by atoms with van der Waals surface area (Å²) in [6.07, 6.45) is 5.52. The molecule has 0 aliphatic carbocycles. The van der Waals surface area contributed by atoms with Crippen molar-refractivity contribution in [3.8, 4) is 0 Å². The van der Waals surface area contributed by atoms with Gasteiger partial charge < -0.3 is 31.5 Å². The van der Waals surface area contributed by atoms with Crippen molar-refractivity contribution in [3.05, 3.63) is 396 Å². The van der Waals surface area contributed by atoms with E-state index >= 15 is 0 Å². The van der Waals surface area contributed by atoms with Crippen LogP contribution in [0.4, 0.5) is 0 Å². The molecule has 13 nitrogen and oxygen atoms in total. The number of nitrogens with zero attached hydrogens (tertiary/aromatic N) is 10. The van der Waals surface area contributed by atoms with Crippen LogP contribution in [0.3, 0.4) is 0 Å². The Bertz CT molecular complexity index is 8510. The number of benzene rings is 13. The maximum Gasteiger partial charge on any atom is 0.230 e. The number of furan rings is 3. The van der Waals surface area contributed by atoms with Crippen LogP contribution in [0.15, 0.2) is 347 Å². The molecule has 27 rings (SSSR count). The van der Waals surface area contributed by atoms with Crippen LogP contribution in [0.5, 0.6) is 0 Å². The van der Waals surface area contributed by atoms with E-state index in [1.165, 1.54) is 163 Å². The fourth-order valence-electron chi connectivity index (χ4n) is 18.1. The fraction of sp³-hybridized carbons (Fsp3) is 0.128. The average Bonchev–Trinajstić information content (AvgIpc) is 1.61. The monoisotopic (exact) mass is 1760 g/mol. The average molecular weight is 1760 g/mol. The highest BCUT2D eigenvalue weighted by Gasteiger charge is 2.16. The van der Waals surface area contributed by atoms with Gasteiger partial charge in [0.05, 0.1) is 10.9 Å². The van der Waals surface area contributed by atoms with Crippen LogP contribution in [-0.2, 0) is 28.2 Å². The summed E-state index contributed by atoms with van der Waals surface area (Å²) in [6, 6.07) is 110. The predicted octanol–water partition coefficient (Wildman–Crippen LogP) is 32.0. The number of aromatic nitrogens is 10. The molecule has 0 radical (unpaired) electrons. The Morgan fingerprint density at radius 1 is 0.235 bits per heavy atom. The van der Waals surface area contributed by atoms with Gasteiger partial charge in [-0.25, -0.2) is 24.9 Å². The van der Waals surface area contributed by atoms with Crippen LogP contribution >= 0.6 is 22.7 Å². The van der Waals surface area contributed by atoms with Crippen molar-refractivity contribution in [3.63, 3.8) is 0 Å². The molecule has 0 saturated heterocycles. The third kappa shape index (κ3) is 17.0. The van der Waals surface area contributed by atoms with Crippen LogP contribution < -0.4 is 0 Å². The standard InChI is InChI=1S/3C14H13N.2C13H11NO.C13H11N.C12H10N2O.2C12H9NS/c1-10-6-5-8-12-11-7-3-4-9-13(11)15(2)14(10)12;1-10-7-8-14-12(9-10)11-5-3-4-6-13(11)15(14)2;1-10-7-8-12-11-5-3-4-6-13(11)15(2)14(12)9-10;2*1-8-3-5-10-11-6-4-9(2)14-13(11)15-12(10)7-8;1-14-12-8-4-2-6-10(12)11-7-3-5-9-13(11)14;1-7-3-4-9-10-6-13-8(2)14-12(10)15-11(9)5-7;1-8-4-2-6-10-11(8)9-5-3-7-13-12(9)14-10;1-8-4-5-11-10(7-8)9-3-2-6-13-12(9)14-11/h3*3-9H,1-2H3;2*3-7H,1-2H3;2-9H,1H3;3-6H,1-2H3;2*2-7H,1H3. The van der Waals surface area contributed by atoms with Crippen molar-refractivity contribution in [2.75, 3.05) is 0 Å². The summed E-state index contributed by atoms with van der Waals surface area (Å²) in [4.78, 5) is 28.2. The van der Waals surface area contributed by atoms with Crippen molar-refractivity contribution in [1.82, 2.24) is 48.2 Å².